The second kappa shape index (κ2) is 7.38. The van der Waals surface area contributed by atoms with E-state index < -0.39 is 10.0 Å². The zero-order valence-corrected chi connectivity index (χ0v) is 15.6. The van der Waals surface area contributed by atoms with E-state index in [9.17, 15) is 13.2 Å². The maximum atomic E-state index is 12.5. The monoisotopic (exact) mass is 391 g/mol. The van der Waals surface area contributed by atoms with Crippen molar-refractivity contribution in [2.24, 2.45) is 0 Å². The molecule has 2 N–H and O–H groups in total. The topological polar surface area (TPSA) is 91.9 Å². The van der Waals surface area contributed by atoms with E-state index in [4.69, 9.17) is 0 Å². The van der Waals surface area contributed by atoms with Gasteiger partial charge in [0.1, 0.15) is 0 Å². The van der Waals surface area contributed by atoms with Crippen LogP contribution >= 0.6 is 0 Å². The molecule has 2 heterocycles. The van der Waals surface area contributed by atoms with Gasteiger partial charge in [0, 0.05) is 30.5 Å². The second-order valence-electron chi connectivity index (χ2n) is 6.31. The maximum Gasteiger partial charge on any atom is 0.255 e. The third-order valence-electron chi connectivity index (χ3n) is 4.49. The van der Waals surface area contributed by atoms with Crippen LogP contribution in [0.25, 0.3) is 21.9 Å². The standard InChI is InChI=1S/C21H17N3O3S/c25-21-20-6-3-17(13-18(20)9-12-23-21)16-1-4-19(5-2-16)28(26,27)24-14-15-7-10-22-11-8-15/h1-13,24H,14H2,(H,23,25). The van der Waals surface area contributed by atoms with Crippen molar-refractivity contribution >= 4 is 20.8 Å². The molecule has 7 heteroatoms. The van der Waals surface area contributed by atoms with E-state index in [-0.39, 0.29) is 17.0 Å². The molecule has 0 aliphatic heterocycles. The summed E-state index contributed by atoms with van der Waals surface area (Å²) in [6.45, 7) is 0.200. The molecule has 0 aliphatic carbocycles. The summed E-state index contributed by atoms with van der Waals surface area (Å²) in [5.74, 6) is 0. The van der Waals surface area contributed by atoms with Crippen molar-refractivity contribution in [1.82, 2.24) is 14.7 Å². The Morgan fingerprint density at radius 3 is 2.36 bits per heavy atom. The number of aromatic amines is 1. The number of nitrogens with zero attached hydrogens (tertiary/aromatic N) is 1. The molecular weight excluding hydrogens is 374 g/mol. The van der Waals surface area contributed by atoms with Gasteiger partial charge in [0.2, 0.25) is 10.0 Å². The van der Waals surface area contributed by atoms with Crippen molar-refractivity contribution < 1.29 is 8.42 Å². The van der Waals surface area contributed by atoms with E-state index in [1.54, 1.807) is 61.1 Å². The summed E-state index contributed by atoms with van der Waals surface area (Å²) in [5, 5.41) is 1.45. The Morgan fingerprint density at radius 2 is 1.61 bits per heavy atom. The van der Waals surface area contributed by atoms with E-state index in [1.807, 2.05) is 18.2 Å². The molecule has 0 atom stereocenters. The van der Waals surface area contributed by atoms with Gasteiger partial charge in [-0.1, -0.05) is 18.2 Å². The highest BCUT2D eigenvalue weighted by Gasteiger charge is 2.14. The van der Waals surface area contributed by atoms with Crippen LogP contribution in [0.4, 0.5) is 0 Å². The molecule has 0 unspecified atom stereocenters. The summed E-state index contributed by atoms with van der Waals surface area (Å²) >= 11 is 0. The Balaban J connectivity index is 1.57. The molecule has 28 heavy (non-hydrogen) atoms. The van der Waals surface area contributed by atoms with Crippen LogP contribution in [0.5, 0.6) is 0 Å². The lowest BCUT2D eigenvalue weighted by molar-refractivity contribution is 0.581. The van der Waals surface area contributed by atoms with Crippen LogP contribution in [0.15, 0.2) is 88.9 Å². The second-order valence-corrected chi connectivity index (χ2v) is 8.08. The highest BCUT2D eigenvalue weighted by molar-refractivity contribution is 7.89. The smallest absolute Gasteiger partial charge is 0.255 e. The van der Waals surface area contributed by atoms with Crippen LogP contribution in [0.3, 0.4) is 0 Å². The van der Waals surface area contributed by atoms with Gasteiger partial charge in [0.25, 0.3) is 5.56 Å². The minimum atomic E-state index is -3.61. The Labute approximate surface area is 162 Å². The van der Waals surface area contributed by atoms with Crippen molar-refractivity contribution in [2.45, 2.75) is 11.4 Å². The average molecular weight is 391 g/mol. The lowest BCUT2D eigenvalue weighted by Crippen LogP contribution is -2.23. The maximum absolute atomic E-state index is 12.5. The van der Waals surface area contributed by atoms with E-state index >= 15 is 0 Å². The van der Waals surface area contributed by atoms with E-state index in [2.05, 4.69) is 14.7 Å². The first-order chi connectivity index (χ1) is 13.5. The van der Waals surface area contributed by atoms with Crippen molar-refractivity contribution in [3.63, 3.8) is 0 Å². The predicted octanol–water partition coefficient (Wildman–Crippen LogP) is 3.07. The fraction of sp³-hybridized carbons (Fsp3) is 0.0476. The normalized spacial score (nSPS) is 11.6. The van der Waals surface area contributed by atoms with Crippen molar-refractivity contribution in [3.8, 4) is 11.1 Å². The first-order valence-electron chi connectivity index (χ1n) is 8.63. The Bertz CT molecular complexity index is 1280. The number of nitrogens with one attached hydrogen (secondary N) is 2. The van der Waals surface area contributed by atoms with Crippen LogP contribution < -0.4 is 10.3 Å². The number of benzene rings is 2. The minimum absolute atomic E-state index is 0.134. The molecule has 140 valence electrons. The number of fused-ring (bicyclic) bond motifs is 1. The fourth-order valence-electron chi connectivity index (χ4n) is 2.96. The van der Waals surface area contributed by atoms with Crippen LogP contribution in [0.1, 0.15) is 5.56 Å². The molecule has 0 spiro atoms. The van der Waals surface area contributed by atoms with Gasteiger partial charge < -0.3 is 4.98 Å². The minimum Gasteiger partial charge on any atom is -0.329 e. The Kier molecular flexibility index (Phi) is 4.77. The number of hydrogen-bond acceptors (Lipinski definition) is 4. The molecule has 0 saturated heterocycles. The highest BCUT2D eigenvalue weighted by atomic mass is 32.2. The lowest BCUT2D eigenvalue weighted by Gasteiger charge is -2.08. The first-order valence-corrected chi connectivity index (χ1v) is 10.1. The Morgan fingerprint density at radius 1 is 0.893 bits per heavy atom. The van der Waals surface area contributed by atoms with E-state index in [0.717, 1.165) is 22.1 Å². The first kappa shape index (κ1) is 18.1. The molecule has 4 aromatic rings. The number of pyridine rings is 2. The predicted molar refractivity (Wildman–Crippen MR) is 108 cm³/mol. The molecule has 2 aromatic carbocycles. The molecule has 6 nitrogen and oxygen atoms in total. The van der Waals surface area contributed by atoms with E-state index in [0.29, 0.717) is 5.39 Å². The summed E-state index contributed by atoms with van der Waals surface area (Å²) < 4.78 is 27.6. The van der Waals surface area contributed by atoms with Gasteiger partial charge >= 0.3 is 0 Å². The van der Waals surface area contributed by atoms with Gasteiger partial charge in [-0.25, -0.2) is 13.1 Å². The molecule has 0 radical (unpaired) electrons. The summed E-state index contributed by atoms with van der Waals surface area (Å²) in [5.41, 5.74) is 2.48. The molecule has 4 rings (SSSR count). The van der Waals surface area contributed by atoms with Crippen molar-refractivity contribution in [3.05, 3.63) is 95.2 Å². The van der Waals surface area contributed by atoms with Crippen molar-refractivity contribution in [1.29, 1.82) is 0 Å². The SMILES string of the molecule is O=c1[nH]ccc2cc(-c3ccc(S(=O)(=O)NCc4ccncc4)cc3)ccc12. The van der Waals surface area contributed by atoms with Crippen LogP contribution in [-0.4, -0.2) is 18.4 Å². The third-order valence-corrected chi connectivity index (χ3v) is 5.90. The van der Waals surface area contributed by atoms with Gasteiger partial charge in [0.15, 0.2) is 0 Å². The van der Waals surface area contributed by atoms with E-state index in [1.165, 1.54) is 0 Å². The molecule has 0 fully saturated rings. The molecule has 0 amide bonds. The van der Waals surface area contributed by atoms with Crippen LogP contribution in [0, 0.1) is 0 Å². The summed E-state index contributed by atoms with van der Waals surface area (Å²) in [6.07, 6.45) is 4.85. The number of sulfonamides is 1. The van der Waals surface area contributed by atoms with Crippen LogP contribution in [-0.2, 0) is 16.6 Å². The lowest BCUT2D eigenvalue weighted by atomic mass is 10.0. The van der Waals surface area contributed by atoms with Crippen LogP contribution in [0.2, 0.25) is 0 Å². The number of H-pyrrole nitrogens is 1. The number of rotatable bonds is 5. The zero-order chi connectivity index (χ0) is 19.6. The fourth-order valence-corrected chi connectivity index (χ4v) is 3.98. The van der Waals surface area contributed by atoms with Crippen molar-refractivity contribution in [2.75, 3.05) is 0 Å². The molecule has 0 aliphatic rings. The zero-order valence-electron chi connectivity index (χ0n) is 14.8. The largest absolute Gasteiger partial charge is 0.329 e. The van der Waals surface area contributed by atoms with Gasteiger partial charge in [-0.15, -0.1) is 0 Å². The third kappa shape index (κ3) is 3.71. The summed E-state index contributed by atoms with van der Waals surface area (Å²) in [4.78, 5) is 18.6. The molecule has 0 bridgehead atoms. The molecular formula is C21H17N3O3S. The van der Waals surface area contributed by atoms with Gasteiger partial charge in [-0.3, -0.25) is 9.78 Å². The molecule has 0 saturated carbocycles. The highest BCUT2D eigenvalue weighted by Crippen LogP contribution is 2.24. The number of hydrogen-bond donors (Lipinski definition) is 2. The van der Waals surface area contributed by atoms with Gasteiger partial charge in [-0.05, 0) is 64.5 Å². The van der Waals surface area contributed by atoms with Gasteiger partial charge in [-0.2, -0.15) is 0 Å². The van der Waals surface area contributed by atoms with Gasteiger partial charge in [0.05, 0.1) is 4.90 Å². The number of aromatic nitrogens is 2. The average Bonchev–Trinajstić information content (AvgIpc) is 2.73. The molecule has 2 aromatic heterocycles. The Hall–Kier alpha value is -3.29. The summed E-state index contributed by atoms with van der Waals surface area (Å²) in [7, 11) is -3.61. The summed E-state index contributed by atoms with van der Waals surface area (Å²) in [6, 6.07) is 17.6. The quantitative estimate of drug-likeness (QED) is 0.547.